The fourth-order valence-electron chi connectivity index (χ4n) is 14.3. The molecule has 3 aromatic heterocycles. The number of anilines is 2. The van der Waals surface area contributed by atoms with Crippen LogP contribution in [0.1, 0.15) is 83.7 Å². The molecule has 22 heteroatoms. The monoisotopic (exact) mass is 1130 g/mol. The van der Waals surface area contributed by atoms with Gasteiger partial charge in [0.25, 0.3) is 0 Å². The van der Waals surface area contributed by atoms with E-state index in [1.165, 1.54) is 10.6 Å². The second-order valence-corrected chi connectivity index (χ2v) is 24.7. The summed E-state index contributed by atoms with van der Waals surface area (Å²) in [6.07, 6.45) is 12.1. The number of halogens is 2. The Kier molecular flexibility index (Phi) is 13.8. The number of ether oxygens (including phenoxy) is 3. The second kappa shape index (κ2) is 21.1. The van der Waals surface area contributed by atoms with Crippen molar-refractivity contribution in [3.63, 3.8) is 0 Å². The third-order valence-corrected chi connectivity index (χ3v) is 18.4. The fraction of sp³-hybridized carbons (Fsp3) is 0.508. The van der Waals surface area contributed by atoms with Crippen LogP contribution in [0, 0.1) is 29.9 Å². The van der Waals surface area contributed by atoms with Crippen LogP contribution >= 0.6 is 0 Å². The Morgan fingerprint density at radius 2 is 1.66 bits per heavy atom. The number of imidazole rings is 1. The number of nitrogens with zero attached hydrogens (tertiary/aromatic N) is 11. The van der Waals surface area contributed by atoms with Gasteiger partial charge < -0.3 is 28.9 Å². The van der Waals surface area contributed by atoms with Gasteiger partial charge in [-0.3, -0.25) is 43.7 Å². The van der Waals surface area contributed by atoms with Crippen LogP contribution in [-0.4, -0.2) is 176 Å². The molecular formula is C61H68F2N12O8. The van der Waals surface area contributed by atoms with Gasteiger partial charge in [0, 0.05) is 107 Å². The van der Waals surface area contributed by atoms with E-state index < -0.39 is 29.2 Å². The first-order valence-corrected chi connectivity index (χ1v) is 29.1. The van der Waals surface area contributed by atoms with E-state index >= 15 is 8.78 Å². The highest BCUT2D eigenvalue weighted by Crippen LogP contribution is 2.44. The van der Waals surface area contributed by atoms with Crippen molar-refractivity contribution in [2.24, 2.45) is 13.0 Å². The molecule has 5 atom stereocenters. The maximum Gasteiger partial charge on any atom is 0.410 e. The number of amides is 4. The lowest BCUT2D eigenvalue weighted by molar-refractivity contribution is -0.135. The maximum absolute atomic E-state index is 17.5. The van der Waals surface area contributed by atoms with Gasteiger partial charge in [-0.2, -0.15) is 9.97 Å². The lowest BCUT2D eigenvalue weighted by atomic mass is 9.95. The van der Waals surface area contributed by atoms with Gasteiger partial charge in [-0.05, 0) is 102 Å². The average Bonchev–Trinajstić information content (AvgIpc) is 4.25. The van der Waals surface area contributed by atoms with Crippen LogP contribution in [0.5, 0.6) is 6.01 Å². The molecule has 0 aliphatic carbocycles. The summed E-state index contributed by atoms with van der Waals surface area (Å²) in [6, 6.07) is 12.9. The van der Waals surface area contributed by atoms with Crippen LogP contribution in [0.15, 0.2) is 59.5 Å². The number of aryl methyl sites for hydroxylation is 1. The quantitative estimate of drug-likeness (QED) is 0.108. The molecule has 6 aromatic rings. The van der Waals surface area contributed by atoms with E-state index in [9.17, 15) is 24.0 Å². The Bertz CT molecular complexity index is 3720. The molecule has 13 rings (SSSR count). The number of carbonyl (C=O) groups excluding carboxylic acids is 4. The molecule has 7 saturated heterocycles. The molecule has 3 unspecified atom stereocenters. The summed E-state index contributed by atoms with van der Waals surface area (Å²) in [6.45, 7) is 13.1. The van der Waals surface area contributed by atoms with Gasteiger partial charge in [0.1, 0.15) is 47.7 Å². The van der Waals surface area contributed by atoms with E-state index in [2.05, 4.69) is 35.8 Å². The van der Waals surface area contributed by atoms with Crippen LogP contribution < -0.4 is 25.5 Å². The van der Waals surface area contributed by atoms with Gasteiger partial charge in [0.05, 0.1) is 39.6 Å². The van der Waals surface area contributed by atoms with Crippen LogP contribution in [0.4, 0.5) is 29.9 Å². The van der Waals surface area contributed by atoms with E-state index in [1.807, 2.05) is 43.9 Å². The number of terminal acetylenes is 1. The Morgan fingerprint density at radius 3 is 2.41 bits per heavy atom. The highest BCUT2D eigenvalue weighted by molar-refractivity contribution is 6.02. The van der Waals surface area contributed by atoms with E-state index in [4.69, 9.17) is 30.6 Å². The second-order valence-electron chi connectivity index (χ2n) is 24.7. The van der Waals surface area contributed by atoms with Crippen molar-refractivity contribution in [1.82, 2.24) is 49.0 Å². The molecule has 0 spiro atoms. The smallest absolute Gasteiger partial charge is 0.410 e. The number of fused-ring (bicyclic) bond motifs is 6. The number of benzene rings is 3. The number of likely N-dealkylation sites (tertiary alicyclic amines) is 1. The minimum Gasteiger partial charge on any atom is -0.461 e. The zero-order chi connectivity index (χ0) is 57.6. The largest absolute Gasteiger partial charge is 0.461 e. The molecular weight excluding hydrogens is 1070 g/mol. The number of nitrogens with one attached hydrogen (secondary N) is 1. The molecule has 434 valence electrons. The van der Waals surface area contributed by atoms with Gasteiger partial charge in [-0.25, -0.2) is 23.2 Å². The number of imide groups is 1. The molecule has 0 radical (unpaired) electrons. The van der Waals surface area contributed by atoms with E-state index in [0.717, 1.165) is 89.0 Å². The van der Waals surface area contributed by atoms with Gasteiger partial charge in [-0.15, -0.1) is 6.42 Å². The van der Waals surface area contributed by atoms with Crippen LogP contribution in [0.25, 0.3) is 44.0 Å². The Morgan fingerprint density at radius 1 is 0.880 bits per heavy atom. The molecule has 1 N–H and O–H groups in total. The lowest BCUT2D eigenvalue weighted by Crippen LogP contribution is -2.57. The predicted octanol–water partition coefficient (Wildman–Crippen LogP) is 6.59. The van der Waals surface area contributed by atoms with Crippen molar-refractivity contribution in [2.75, 3.05) is 88.5 Å². The standard InChI is InChI=1S/C61H68F2N12O8/c1-6-42-45(62)15-11-37-9-7-10-43(50(37)42)52-51(63)53-44(28-64-52)54(71-32-39-12-13-40(33-71)74(39)59(80)83-60(2,3)4)67-56(66-53)82-35-61-20-8-22-73(61)41(19-21-61)34-81-58(79)72-30-36(31-72)29-69-23-25-70(26-24-69)38-14-16-46-48(27-38)68(5)57(78)75(46)47-17-18-49(76)65-55(47)77/h1,7,9-11,14-16,27-28,36,39-41,47H,8,12-13,17-26,29-35H2,2-5H3,(H,65,76,77)/t39?,40?,41-,47?,61-/m0/s1. The number of rotatable bonds is 11. The summed E-state index contributed by atoms with van der Waals surface area (Å²) in [4.78, 5) is 92.1. The van der Waals surface area contributed by atoms with E-state index in [0.29, 0.717) is 65.2 Å². The molecule has 2 bridgehead atoms. The number of carbonyl (C=O) groups is 4. The van der Waals surface area contributed by atoms with Crippen LogP contribution in [-0.2, 0) is 26.1 Å². The van der Waals surface area contributed by atoms with E-state index in [1.54, 1.807) is 47.0 Å². The van der Waals surface area contributed by atoms with Gasteiger partial charge in [0.15, 0.2) is 5.82 Å². The van der Waals surface area contributed by atoms with Crippen molar-refractivity contribution < 1.29 is 42.2 Å². The summed E-state index contributed by atoms with van der Waals surface area (Å²) in [5.74, 6) is 1.12. The number of hydrogen-bond acceptors (Lipinski definition) is 15. The van der Waals surface area contributed by atoms with Gasteiger partial charge in [-0.1, -0.05) is 30.2 Å². The number of pyridine rings is 1. The van der Waals surface area contributed by atoms with Crippen LogP contribution in [0.3, 0.4) is 0 Å². The zero-order valence-corrected chi connectivity index (χ0v) is 47.2. The Balaban J connectivity index is 0.650. The topological polar surface area (TPSA) is 193 Å². The molecule has 7 aliphatic heterocycles. The molecule has 4 amide bonds. The summed E-state index contributed by atoms with van der Waals surface area (Å²) >= 11 is 0. The maximum atomic E-state index is 17.5. The summed E-state index contributed by atoms with van der Waals surface area (Å²) in [7, 11) is 1.71. The minimum atomic E-state index is -0.733. The first kappa shape index (κ1) is 54.4. The first-order chi connectivity index (χ1) is 39.9. The highest BCUT2D eigenvalue weighted by atomic mass is 19.1. The molecule has 7 aliphatic rings. The van der Waals surface area contributed by atoms with Crippen molar-refractivity contribution in [3.8, 4) is 29.6 Å². The molecule has 3 aromatic carbocycles. The lowest BCUT2D eigenvalue weighted by Gasteiger charge is -2.43. The number of piperidine rings is 1. The predicted molar refractivity (Wildman–Crippen MR) is 306 cm³/mol. The highest BCUT2D eigenvalue weighted by Gasteiger charge is 2.51. The molecule has 83 heavy (non-hydrogen) atoms. The SMILES string of the molecule is C#Cc1c(F)ccc2cccc(-c3ncc4c(N5CC6CCC(C5)N6C(=O)OC(C)(C)C)nc(OC[C@@]56CCCN5[C@H](COC(=O)N5CC(CN7CCN(c8ccc9c(c8)n(C)c(=O)n9C8CCC(=O)NC8=O)CC7)C5)CC6)nc4c3F)c12. The van der Waals surface area contributed by atoms with Crippen molar-refractivity contribution in [2.45, 2.75) is 107 Å². The van der Waals surface area contributed by atoms with Crippen molar-refractivity contribution in [3.05, 3.63) is 82.4 Å². The number of aromatic nitrogens is 5. The van der Waals surface area contributed by atoms with E-state index in [-0.39, 0.29) is 96.3 Å². The average molecular weight is 1140 g/mol. The molecule has 10 heterocycles. The summed E-state index contributed by atoms with van der Waals surface area (Å²) < 4.78 is 54.2. The van der Waals surface area contributed by atoms with Gasteiger partial charge in [0.2, 0.25) is 11.8 Å². The Labute approximate surface area is 478 Å². The normalized spacial score (nSPS) is 24.2. The van der Waals surface area contributed by atoms with Crippen LogP contribution in [0.2, 0.25) is 0 Å². The first-order valence-electron chi connectivity index (χ1n) is 29.1. The van der Waals surface area contributed by atoms with Crippen molar-refractivity contribution >= 4 is 68.2 Å². The van der Waals surface area contributed by atoms with Crippen molar-refractivity contribution in [1.29, 1.82) is 0 Å². The summed E-state index contributed by atoms with van der Waals surface area (Å²) in [5.41, 5.74) is 1.34. The van der Waals surface area contributed by atoms with Gasteiger partial charge >= 0.3 is 23.9 Å². The summed E-state index contributed by atoms with van der Waals surface area (Å²) in [5, 5.41) is 3.74. The zero-order valence-electron chi connectivity index (χ0n) is 47.2. The third kappa shape index (κ3) is 9.82. The molecule has 20 nitrogen and oxygen atoms in total. The molecule has 0 saturated carbocycles. The third-order valence-electron chi connectivity index (χ3n) is 18.4. The fourth-order valence-corrected chi connectivity index (χ4v) is 14.3. The Hall–Kier alpha value is -7.90. The number of piperazine rings is 2. The minimum absolute atomic E-state index is 0.00323. The molecule has 7 fully saturated rings. The number of hydrogen-bond donors (Lipinski definition) is 1.